The predicted molar refractivity (Wildman–Crippen MR) is 136 cm³/mol. The zero-order valence-corrected chi connectivity index (χ0v) is 21.3. The summed E-state index contributed by atoms with van der Waals surface area (Å²) in [5.41, 5.74) is 1.16. The van der Waals surface area contributed by atoms with Crippen LogP contribution in [0.25, 0.3) is 0 Å². The number of carbonyl (C=O) groups excluding carboxylic acids is 1. The molecule has 1 amide bonds. The lowest BCUT2D eigenvalue weighted by Gasteiger charge is -2.37. The van der Waals surface area contributed by atoms with Crippen LogP contribution in [-0.4, -0.2) is 98.7 Å². The summed E-state index contributed by atoms with van der Waals surface area (Å²) in [6.45, 7) is 7.33. The monoisotopic (exact) mass is 557 g/mol. The molecule has 1 aromatic rings. The Morgan fingerprint density at radius 2 is 1.81 bits per heavy atom. The van der Waals surface area contributed by atoms with Crippen LogP contribution in [0.2, 0.25) is 0 Å². The fourth-order valence-corrected chi connectivity index (χ4v) is 4.16. The van der Waals surface area contributed by atoms with Crippen LogP contribution in [0.3, 0.4) is 0 Å². The molecule has 1 aromatic carbocycles. The lowest BCUT2D eigenvalue weighted by molar-refractivity contribution is -0.136. The van der Waals surface area contributed by atoms with Crippen LogP contribution in [0.4, 0.5) is 0 Å². The number of aliphatic imine (C=N–C) groups is 1. The number of morpholine rings is 1. The molecule has 32 heavy (non-hydrogen) atoms. The second kappa shape index (κ2) is 12.6. The fourth-order valence-electron chi connectivity index (χ4n) is 4.16. The van der Waals surface area contributed by atoms with Crippen LogP contribution in [-0.2, 0) is 16.1 Å². The van der Waals surface area contributed by atoms with Gasteiger partial charge in [0.05, 0.1) is 25.9 Å². The molecule has 1 N–H and O–H groups in total. The van der Waals surface area contributed by atoms with E-state index in [0.29, 0.717) is 45.5 Å². The van der Waals surface area contributed by atoms with E-state index in [2.05, 4.69) is 38.3 Å². The number of carbonyl (C=O) groups is 1. The first-order valence-corrected chi connectivity index (χ1v) is 11.5. The Morgan fingerprint density at radius 3 is 2.47 bits per heavy atom. The lowest BCUT2D eigenvalue weighted by atomic mass is 9.96. The third-order valence-corrected chi connectivity index (χ3v) is 6.36. The maximum atomic E-state index is 12.5. The van der Waals surface area contributed by atoms with Crippen molar-refractivity contribution in [2.75, 3.05) is 66.1 Å². The number of benzene rings is 1. The molecule has 2 aliphatic heterocycles. The first kappa shape index (κ1) is 25.0. The van der Waals surface area contributed by atoms with E-state index in [1.54, 1.807) is 0 Å². The average molecular weight is 557 g/mol. The van der Waals surface area contributed by atoms with Crippen molar-refractivity contribution in [2.45, 2.75) is 31.9 Å². The topological polar surface area (TPSA) is 69.6 Å². The zero-order valence-electron chi connectivity index (χ0n) is 19.0. The number of nitrogens with zero attached hydrogens (tertiary/aromatic N) is 4. The molecule has 4 rings (SSSR count). The van der Waals surface area contributed by atoms with Crippen LogP contribution in [0.1, 0.15) is 24.8 Å². The number of guanidine groups is 1. The minimum absolute atomic E-state index is 0. The number of ether oxygens (including phenoxy) is 2. The highest BCUT2D eigenvalue weighted by atomic mass is 127. The first-order valence-electron chi connectivity index (χ1n) is 11.5. The Kier molecular flexibility index (Phi) is 9.86. The van der Waals surface area contributed by atoms with Gasteiger partial charge in [-0.3, -0.25) is 14.7 Å². The first-order chi connectivity index (χ1) is 15.2. The second-order valence-corrected chi connectivity index (χ2v) is 8.44. The lowest BCUT2D eigenvalue weighted by Crippen LogP contribution is -2.54. The molecule has 0 unspecified atom stereocenters. The molecule has 178 valence electrons. The number of halogens is 1. The molecule has 0 radical (unpaired) electrons. The molecule has 2 saturated heterocycles. The molecule has 0 spiro atoms. The van der Waals surface area contributed by atoms with Gasteiger partial charge in [-0.1, -0.05) is 18.2 Å². The minimum Gasteiger partial charge on any atom is -0.490 e. The highest BCUT2D eigenvalue weighted by molar-refractivity contribution is 14.0. The molecule has 1 aliphatic carbocycles. The number of nitrogens with one attached hydrogen (secondary N) is 1. The summed E-state index contributed by atoms with van der Waals surface area (Å²) >= 11 is 0. The molecule has 2 heterocycles. The number of piperazine rings is 1. The van der Waals surface area contributed by atoms with Gasteiger partial charge in [-0.25, -0.2) is 0 Å². The maximum Gasteiger partial charge on any atom is 0.236 e. The zero-order chi connectivity index (χ0) is 21.5. The fraction of sp³-hybridized carbons (Fsp3) is 0.652. The molecular formula is C23H36IN5O3. The van der Waals surface area contributed by atoms with Gasteiger partial charge in [0.2, 0.25) is 5.91 Å². The number of para-hydroxylation sites is 1. The third-order valence-electron chi connectivity index (χ3n) is 6.36. The normalized spacial score (nSPS) is 20.3. The van der Waals surface area contributed by atoms with Gasteiger partial charge in [-0.15, -0.1) is 24.0 Å². The molecule has 3 fully saturated rings. The summed E-state index contributed by atoms with van der Waals surface area (Å²) in [5, 5.41) is 3.50. The SMILES string of the molecule is CN=C(NCc1ccccc1OC1CCC1)N1CCN(CC(=O)N2CCOCC2)CC1.I. The highest BCUT2D eigenvalue weighted by Gasteiger charge is 2.24. The second-order valence-electron chi connectivity index (χ2n) is 8.44. The van der Waals surface area contributed by atoms with E-state index < -0.39 is 0 Å². The number of hydrogen-bond donors (Lipinski definition) is 1. The molecule has 8 nitrogen and oxygen atoms in total. The Morgan fingerprint density at radius 1 is 1.09 bits per heavy atom. The van der Waals surface area contributed by atoms with Crippen molar-refractivity contribution in [1.82, 2.24) is 20.0 Å². The van der Waals surface area contributed by atoms with Gasteiger partial charge >= 0.3 is 0 Å². The molecule has 1 saturated carbocycles. The summed E-state index contributed by atoms with van der Waals surface area (Å²) in [4.78, 5) is 23.4. The standard InChI is InChI=1S/C23H35N5O3.HI/c1-24-23(25-17-19-5-2-3-8-21(19)31-20-6-4-7-20)28-11-9-26(10-12-28)18-22(29)27-13-15-30-16-14-27;/h2-3,5,8,20H,4,6-7,9-18H2,1H3,(H,24,25);1H. The number of rotatable bonds is 6. The van der Waals surface area contributed by atoms with Crippen molar-refractivity contribution in [3.8, 4) is 5.75 Å². The van der Waals surface area contributed by atoms with E-state index >= 15 is 0 Å². The van der Waals surface area contributed by atoms with Gasteiger partial charge < -0.3 is 24.6 Å². The third kappa shape index (κ3) is 6.71. The van der Waals surface area contributed by atoms with Crippen molar-refractivity contribution in [3.63, 3.8) is 0 Å². The molecule has 0 atom stereocenters. The van der Waals surface area contributed by atoms with Crippen LogP contribution in [0.5, 0.6) is 5.75 Å². The largest absolute Gasteiger partial charge is 0.490 e. The molecule has 0 aromatic heterocycles. The number of hydrogen-bond acceptors (Lipinski definition) is 5. The van der Waals surface area contributed by atoms with Crippen molar-refractivity contribution in [3.05, 3.63) is 29.8 Å². The number of amides is 1. The average Bonchev–Trinajstić information content (AvgIpc) is 2.79. The van der Waals surface area contributed by atoms with Crippen molar-refractivity contribution >= 4 is 35.8 Å². The summed E-state index contributed by atoms with van der Waals surface area (Å²) in [6, 6.07) is 8.26. The Labute approximate surface area is 208 Å². The van der Waals surface area contributed by atoms with Gasteiger partial charge in [-0.2, -0.15) is 0 Å². The van der Waals surface area contributed by atoms with Crippen LogP contribution in [0, 0.1) is 0 Å². The van der Waals surface area contributed by atoms with E-state index in [0.717, 1.165) is 56.3 Å². The Balaban J connectivity index is 0.00000289. The van der Waals surface area contributed by atoms with Gasteiger partial charge in [0.25, 0.3) is 0 Å². The summed E-state index contributed by atoms with van der Waals surface area (Å²) in [5.74, 6) is 2.08. The quantitative estimate of drug-likeness (QED) is 0.327. The maximum absolute atomic E-state index is 12.5. The summed E-state index contributed by atoms with van der Waals surface area (Å²) in [7, 11) is 1.83. The van der Waals surface area contributed by atoms with Crippen LogP contribution < -0.4 is 10.1 Å². The van der Waals surface area contributed by atoms with Crippen molar-refractivity contribution in [2.24, 2.45) is 4.99 Å². The molecular weight excluding hydrogens is 521 g/mol. The van der Waals surface area contributed by atoms with Gasteiger partial charge in [0.1, 0.15) is 5.75 Å². The summed E-state index contributed by atoms with van der Waals surface area (Å²) in [6.07, 6.45) is 3.94. The van der Waals surface area contributed by atoms with Crippen LogP contribution >= 0.6 is 24.0 Å². The van der Waals surface area contributed by atoms with Gasteiger partial charge in [0, 0.05) is 58.4 Å². The van der Waals surface area contributed by atoms with E-state index in [4.69, 9.17) is 9.47 Å². The highest BCUT2D eigenvalue weighted by Crippen LogP contribution is 2.27. The molecule has 3 aliphatic rings. The minimum atomic E-state index is 0. The predicted octanol–water partition coefficient (Wildman–Crippen LogP) is 1.79. The van der Waals surface area contributed by atoms with Crippen LogP contribution in [0.15, 0.2) is 29.3 Å². The van der Waals surface area contributed by atoms with Crippen molar-refractivity contribution in [1.29, 1.82) is 0 Å². The molecule has 0 bridgehead atoms. The van der Waals surface area contributed by atoms with Crippen molar-refractivity contribution < 1.29 is 14.3 Å². The van der Waals surface area contributed by atoms with E-state index in [1.807, 2.05) is 18.0 Å². The van der Waals surface area contributed by atoms with E-state index in [-0.39, 0.29) is 29.9 Å². The molecule has 9 heteroatoms. The van der Waals surface area contributed by atoms with E-state index in [1.165, 1.54) is 6.42 Å². The Bertz CT molecular complexity index is 760. The van der Waals surface area contributed by atoms with Gasteiger partial charge in [0.15, 0.2) is 5.96 Å². The smallest absolute Gasteiger partial charge is 0.236 e. The summed E-state index contributed by atoms with van der Waals surface area (Å²) < 4.78 is 11.5. The van der Waals surface area contributed by atoms with E-state index in [9.17, 15) is 4.79 Å². The Hall–Kier alpha value is -1.59. The van der Waals surface area contributed by atoms with Gasteiger partial charge in [-0.05, 0) is 25.3 Å².